The third-order valence-corrected chi connectivity index (χ3v) is 13.3. The lowest BCUT2D eigenvalue weighted by atomic mass is 9.49. The van der Waals surface area contributed by atoms with Crippen LogP contribution in [0.2, 0.25) is 10.0 Å². The molecule has 17 heteroatoms. The van der Waals surface area contributed by atoms with Gasteiger partial charge >= 0.3 is 6.18 Å². The first kappa shape index (κ1) is 40.4. The van der Waals surface area contributed by atoms with Crippen molar-refractivity contribution >= 4 is 69.4 Å². The molecule has 10 rings (SSSR count). The molecule has 12 nitrogen and oxygen atoms in total. The van der Waals surface area contributed by atoms with Gasteiger partial charge in [0.2, 0.25) is 17.7 Å². The van der Waals surface area contributed by atoms with Gasteiger partial charge in [-0.05, 0) is 85.0 Å². The van der Waals surface area contributed by atoms with E-state index in [1.54, 1.807) is 60.7 Å². The van der Waals surface area contributed by atoms with E-state index in [9.17, 15) is 27.9 Å². The standard InChI is InChI=1S/C46H32Cl2F3N5O7/c1-62-36-19-27(57)14-15-29(36)38-28-16-17-30-37(43(60)55(41(30)58)26-12-6-22(7-13-26)40-53-34-4-2-3-5-35(34)63-40)31(28)20-32-42(59)56(44(61)45(32,38)23-8-10-25(47)11-9-23)54-39-33(48)18-24(21-52-39)46(49,50)51/h2-16,18-19,21,30-32,37-38,57H,17,20H2,1H3,(H,52,54)/t30-,31+,32-,37-,38+,45+/m0/s1. The van der Waals surface area contributed by atoms with Gasteiger partial charge in [0.15, 0.2) is 11.4 Å². The Labute approximate surface area is 365 Å². The lowest BCUT2D eigenvalue weighted by Gasteiger charge is -2.50. The van der Waals surface area contributed by atoms with Crippen LogP contribution in [0, 0.1) is 23.7 Å². The lowest BCUT2D eigenvalue weighted by molar-refractivity contribution is -0.139. The van der Waals surface area contributed by atoms with Crippen LogP contribution < -0.4 is 15.1 Å². The minimum Gasteiger partial charge on any atom is -0.508 e. The van der Waals surface area contributed by atoms with Gasteiger partial charge in [0.05, 0.1) is 46.6 Å². The Bertz CT molecular complexity index is 2910. The molecule has 0 spiro atoms. The molecule has 2 aliphatic carbocycles. The maximum absolute atomic E-state index is 15.5. The molecular formula is C46H32Cl2F3N5O7. The normalized spacial score (nSPS) is 24.3. The van der Waals surface area contributed by atoms with Crippen molar-refractivity contribution in [1.29, 1.82) is 0 Å². The molecule has 63 heavy (non-hydrogen) atoms. The number of nitrogens with zero attached hydrogens (tertiary/aromatic N) is 4. The molecule has 2 N–H and O–H groups in total. The van der Waals surface area contributed by atoms with Gasteiger partial charge in [0.25, 0.3) is 11.8 Å². The van der Waals surface area contributed by atoms with Crippen LogP contribution in [0.1, 0.15) is 35.4 Å². The van der Waals surface area contributed by atoms with Crippen molar-refractivity contribution in [2.24, 2.45) is 23.7 Å². The molecule has 2 aliphatic heterocycles. The van der Waals surface area contributed by atoms with Crippen LogP contribution in [0.4, 0.5) is 24.7 Å². The number of methoxy groups -OCH3 is 1. The summed E-state index contributed by atoms with van der Waals surface area (Å²) in [6.45, 7) is 0. The summed E-state index contributed by atoms with van der Waals surface area (Å²) in [4.78, 5) is 69.3. The fourth-order valence-corrected chi connectivity index (χ4v) is 10.4. The monoisotopic (exact) mass is 893 g/mol. The molecule has 0 unspecified atom stereocenters. The highest BCUT2D eigenvalue weighted by Gasteiger charge is 2.71. The molecule has 6 atom stereocenters. The van der Waals surface area contributed by atoms with Crippen LogP contribution in [-0.2, 0) is 30.8 Å². The third-order valence-electron chi connectivity index (χ3n) is 12.8. The van der Waals surface area contributed by atoms with E-state index < -0.39 is 75.4 Å². The number of benzene rings is 4. The number of pyridine rings is 1. The molecule has 318 valence electrons. The lowest BCUT2D eigenvalue weighted by Crippen LogP contribution is -2.53. The molecule has 4 aromatic carbocycles. The number of fused-ring (bicyclic) bond motifs is 5. The molecule has 2 saturated heterocycles. The van der Waals surface area contributed by atoms with Crippen molar-refractivity contribution in [3.63, 3.8) is 0 Å². The van der Waals surface area contributed by atoms with E-state index in [0.29, 0.717) is 67.2 Å². The van der Waals surface area contributed by atoms with Gasteiger partial charge < -0.3 is 14.3 Å². The second-order valence-electron chi connectivity index (χ2n) is 15.9. The number of halogens is 5. The first-order valence-electron chi connectivity index (χ1n) is 19.7. The van der Waals surface area contributed by atoms with Crippen molar-refractivity contribution in [2.45, 2.75) is 30.4 Å². The Hall–Kier alpha value is -6.71. The van der Waals surface area contributed by atoms with E-state index in [1.165, 1.54) is 19.2 Å². The number of ether oxygens (including phenoxy) is 1. The third kappa shape index (κ3) is 6.19. The summed E-state index contributed by atoms with van der Waals surface area (Å²) >= 11 is 12.7. The number of aromatic nitrogens is 2. The Balaban J connectivity index is 1.09. The number of nitrogens with one attached hydrogen (secondary N) is 1. The van der Waals surface area contributed by atoms with Crippen LogP contribution in [0.25, 0.3) is 22.6 Å². The van der Waals surface area contributed by atoms with Crippen LogP contribution in [0.15, 0.2) is 119 Å². The number of allylic oxidation sites excluding steroid dienone is 2. The predicted molar refractivity (Wildman–Crippen MR) is 223 cm³/mol. The topological polar surface area (TPSA) is 155 Å². The number of phenols is 1. The Kier molecular flexibility index (Phi) is 9.42. The SMILES string of the molecule is COc1cc(O)ccc1[C@H]1C2=CC[C@@H]3C(=O)N(c4ccc(-c5nc6ccccc6o5)cc4)C(=O)[C@@H]3[C@@H]2C[C@H]2C(=O)N(Nc3ncc(C(F)(F)F)cc3Cl)C(=O)[C@@]12c1ccc(Cl)cc1. The quantitative estimate of drug-likeness (QED) is 0.117. The molecule has 2 aromatic heterocycles. The Morgan fingerprint density at radius 3 is 2.35 bits per heavy atom. The van der Waals surface area contributed by atoms with E-state index >= 15 is 9.59 Å². The summed E-state index contributed by atoms with van der Waals surface area (Å²) in [5.41, 5.74) is 3.25. The van der Waals surface area contributed by atoms with E-state index in [2.05, 4.69) is 15.4 Å². The van der Waals surface area contributed by atoms with Gasteiger partial charge in [-0.25, -0.2) is 9.97 Å². The molecule has 0 bridgehead atoms. The van der Waals surface area contributed by atoms with Gasteiger partial charge in [-0.15, -0.1) is 0 Å². The highest BCUT2D eigenvalue weighted by molar-refractivity contribution is 6.33. The summed E-state index contributed by atoms with van der Waals surface area (Å²) < 4.78 is 52.5. The van der Waals surface area contributed by atoms with E-state index in [1.807, 2.05) is 24.3 Å². The number of hydrogen-bond donors (Lipinski definition) is 2. The molecule has 4 heterocycles. The van der Waals surface area contributed by atoms with Crippen molar-refractivity contribution in [1.82, 2.24) is 15.0 Å². The number of rotatable bonds is 7. The molecule has 4 amide bonds. The minimum atomic E-state index is -4.77. The molecule has 3 fully saturated rings. The largest absolute Gasteiger partial charge is 0.508 e. The van der Waals surface area contributed by atoms with Gasteiger partial charge in [-0.2, -0.15) is 18.2 Å². The summed E-state index contributed by atoms with van der Waals surface area (Å²) in [7, 11) is 1.39. The van der Waals surface area contributed by atoms with Gasteiger partial charge in [-0.3, -0.25) is 29.5 Å². The first-order valence-corrected chi connectivity index (χ1v) is 20.5. The minimum absolute atomic E-state index is 0.0903. The number of carbonyl (C=O) groups excluding carboxylic acids is 4. The molecule has 0 radical (unpaired) electrons. The summed E-state index contributed by atoms with van der Waals surface area (Å²) in [5.74, 6) is -7.35. The molecular weight excluding hydrogens is 862 g/mol. The molecule has 6 aromatic rings. The predicted octanol–water partition coefficient (Wildman–Crippen LogP) is 9.12. The first-order chi connectivity index (χ1) is 30.2. The number of para-hydroxylation sites is 2. The van der Waals surface area contributed by atoms with Crippen LogP contribution in [0.5, 0.6) is 11.5 Å². The van der Waals surface area contributed by atoms with Crippen LogP contribution >= 0.6 is 23.2 Å². The van der Waals surface area contributed by atoms with Crippen LogP contribution in [-0.4, -0.2) is 50.8 Å². The fourth-order valence-electron chi connectivity index (χ4n) is 10.1. The second-order valence-corrected chi connectivity index (χ2v) is 16.7. The number of oxazole rings is 1. The number of hydrogen-bond acceptors (Lipinski definition) is 10. The Morgan fingerprint density at radius 1 is 0.905 bits per heavy atom. The number of aromatic hydroxyl groups is 1. The average molecular weight is 895 g/mol. The zero-order valence-electron chi connectivity index (χ0n) is 32.8. The van der Waals surface area contributed by atoms with Crippen molar-refractivity contribution in [3.05, 3.63) is 142 Å². The van der Waals surface area contributed by atoms with E-state index in [4.69, 9.17) is 32.4 Å². The van der Waals surface area contributed by atoms with Crippen molar-refractivity contribution in [2.75, 3.05) is 17.4 Å². The van der Waals surface area contributed by atoms with Gasteiger partial charge in [-0.1, -0.05) is 65.2 Å². The van der Waals surface area contributed by atoms with Crippen molar-refractivity contribution in [3.8, 4) is 23.0 Å². The van der Waals surface area contributed by atoms with E-state index in [-0.39, 0.29) is 30.2 Å². The second kappa shape index (κ2) is 14.7. The number of carbonyl (C=O) groups is 4. The maximum Gasteiger partial charge on any atom is 0.417 e. The van der Waals surface area contributed by atoms with Gasteiger partial charge in [0, 0.05) is 34.3 Å². The summed E-state index contributed by atoms with van der Waals surface area (Å²) in [6.07, 6.45) is -2.36. The number of anilines is 2. The number of phenolic OH excluding ortho intramolecular Hbond substituents is 1. The smallest absolute Gasteiger partial charge is 0.417 e. The highest BCUT2D eigenvalue weighted by Crippen LogP contribution is 2.65. The summed E-state index contributed by atoms with van der Waals surface area (Å²) in [5, 5.41) is 11.1. The van der Waals surface area contributed by atoms with Crippen LogP contribution in [0.3, 0.4) is 0 Å². The summed E-state index contributed by atoms with van der Waals surface area (Å²) in [6, 6.07) is 25.4. The molecule has 1 saturated carbocycles. The fraction of sp³-hybridized carbons (Fsp3) is 0.217. The number of amides is 4. The molecule has 4 aliphatic rings. The number of imide groups is 2. The van der Waals surface area contributed by atoms with E-state index in [0.717, 1.165) is 4.90 Å². The van der Waals surface area contributed by atoms with Crippen molar-refractivity contribution < 1.29 is 46.6 Å². The zero-order valence-corrected chi connectivity index (χ0v) is 34.3. The zero-order chi connectivity index (χ0) is 44.1. The maximum atomic E-state index is 15.5. The Morgan fingerprint density at radius 2 is 1.65 bits per heavy atom. The van der Waals surface area contributed by atoms with Gasteiger partial charge in [0.1, 0.15) is 17.0 Å². The average Bonchev–Trinajstić information content (AvgIpc) is 3.88. The highest BCUT2D eigenvalue weighted by atomic mass is 35.5. The number of alkyl halides is 3. The number of hydrazine groups is 1.